The van der Waals surface area contributed by atoms with Crippen LogP contribution in [0.4, 0.5) is 9.52 Å². The van der Waals surface area contributed by atoms with Gasteiger partial charge >= 0.3 is 0 Å². The lowest BCUT2D eigenvalue weighted by Gasteiger charge is -2.05. The molecule has 118 valence electrons. The second-order valence-electron chi connectivity index (χ2n) is 4.85. The van der Waals surface area contributed by atoms with Crippen LogP contribution in [0.5, 0.6) is 5.75 Å². The third-order valence-corrected chi connectivity index (χ3v) is 4.79. The summed E-state index contributed by atoms with van der Waals surface area (Å²) in [5.41, 5.74) is 0. The van der Waals surface area contributed by atoms with E-state index in [0.717, 1.165) is 10.1 Å². The Hall–Kier alpha value is -1.67. The average molecular weight is 341 g/mol. The van der Waals surface area contributed by atoms with Gasteiger partial charge < -0.3 is 4.74 Å². The minimum atomic E-state index is -0.501. The summed E-state index contributed by atoms with van der Waals surface area (Å²) in [6.45, 7) is 3.96. The van der Waals surface area contributed by atoms with Gasteiger partial charge in [0, 0.05) is 5.75 Å². The molecular weight excluding hydrogens is 325 g/mol. The van der Waals surface area contributed by atoms with E-state index in [1.165, 1.54) is 23.5 Å². The third kappa shape index (κ3) is 5.27. The molecule has 0 radical (unpaired) electrons. The number of hydrogen-bond donors (Lipinski definition) is 1. The summed E-state index contributed by atoms with van der Waals surface area (Å²) in [6, 6.07) is 5.93. The van der Waals surface area contributed by atoms with Gasteiger partial charge in [0.1, 0.15) is 0 Å². The molecule has 1 N–H and O–H groups in total. The number of aromatic nitrogens is 2. The molecule has 0 aliphatic carbocycles. The fraction of sp³-hybridized carbons (Fsp3) is 0.357. The van der Waals surface area contributed by atoms with Crippen LogP contribution in [0.3, 0.4) is 0 Å². The standard InChI is InChI=1S/C14H16FN3O2S2/c1-9(2)8-21-14-18-17-13(22-14)16-12(19)7-20-11-6-4-3-5-10(11)15/h3-6,9H,7-8H2,1-2H3,(H,16,17,19). The number of hydrogen-bond acceptors (Lipinski definition) is 6. The van der Waals surface area contributed by atoms with Crippen LogP contribution in [0, 0.1) is 11.7 Å². The van der Waals surface area contributed by atoms with Gasteiger partial charge in [0.25, 0.3) is 5.91 Å². The second kappa shape index (κ2) is 8.09. The Morgan fingerprint density at radius 1 is 1.41 bits per heavy atom. The first-order valence-electron chi connectivity index (χ1n) is 6.68. The molecule has 0 aliphatic heterocycles. The molecule has 22 heavy (non-hydrogen) atoms. The van der Waals surface area contributed by atoms with Crippen molar-refractivity contribution in [3.05, 3.63) is 30.1 Å². The van der Waals surface area contributed by atoms with Crippen molar-refractivity contribution >= 4 is 34.1 Å². The van der Waals surface area contributed by atoms with Crippen molar-refractivity contribution < 1.29 is 13.9 Å². The van der Waals surface area contributed by atoms with Crippen LogP contribution in [-0.4, -0.2) is 28.5 Å². The zero-order chi connectivity index (χ0) is 15.9. The number of nitrogens with one attached hydrogen (secondary N) is 1. The summed E-state index contributed by atoms with van der Waals surface area (Å²) in [7, 11) is 0. The number of amides is 1. The number of para-hydroxylation sites is 1. The predicted molar refractivity (Wildman–Crippen MR) is 86.0 cm³/mol. The first kappa shape index (κ1) is 16.7. The highest BCUT2D eigenvalue weighted by Crippen LogP contribution is 2.26. The van der Waals surface area contributed by atoms with Gasteiger partial charge in [0.2, 0.25) is 5.13 Å². The van der Waals surface area contributed by atoms with Crippen molar-refractivity contribution in [2.24, 2.45) is 5.92 Å². The molecule has 1 heterocycles. The number of halogens is 1. The Kier molecular flexibility index (Phi) is 6.14. The predicted octanol–water partition coefficient (Wildman–Crippen LogP) is 3.44. The summed E-state index contributed by atoms with van der Waals surface area (Å²) < 4.78 is 19.3. The smallest absolute Gasteiger partial charge is 0.264 e. The van der Waals surface area contributed by atoms with Crippen LogP contribution in [0.25, 0.3) is 0 Å². The minimum absolute atomic E-state index is 0.0445. The third-order valence-electron chi connectivity index (χ3n) is 2.39. The maximum absolute atomic E-state index is 13.3. The van der Waals surface area contributed by atoms with Crippen molar-refractivity contribution in [3.63, 3.8) is 0 Å². The zero-order valence-corrected chi connectivity index (χ0v) is 13.8. The minimum Gasteiger partial charge on any atom is -0.481 e. The molecule has 1 amide bonds. The maximum Gasteiger partial charge on any atom is 0.264 e. The lowest BCUT2D eigenvalue weighted by molar-refractivity contribution is -0.118. The number of carbonyl (C=O) groups excluding carboxylic acids is 1. The fourth-order valence-corrected chi connectivity index (χ4v) is 3.16. The van der Waals surface area contributed by atoms with E-state index in [1.54, 1.807) is 23.9 Å². The Bertz CT molecular complexity index is 634. The highest BCUT2D eigenvalue weighted by atomic mass is 32.2. The molecule has 0 atom stereocenters. The molecule has 0 saturated heterocycles. The Morgan fingerprint density at radius 2 is 2.18 bits per heavy atom. The SMILES string of the molecule is CC(C)CSc1nnc(NC(=O)COc2ccccc2F)s1. The largest absolute Gasteiger partial charge is 0.481 e. The second-order valence-corrected chi connectivity index (χ2v) is 7.09. The van der Waals surface area contributed by atoms with E-state index in [4.69, 9.17) is 4.74 Å². The van der Waals surface area contributed by atoms with E-state index in [9.17, 15) is 9.18 Å². The van der Waals surface area contributed by atoms with E-state index in [-0.39, 0.29) is 12.4 Å². The molecule has 1 aromatic carbocycles. The van der Waals surface area contributed by atoms with Crippen molar-refractivity contribution in [2.75, 3.05) is 17.7 Å². The molecule has 0 spiro atoms. The number of ether oxygens (including phenoxy) is 1. The number of thioether (sulfide) groups is 1. The zero-order valence-electron chi connectivity index (χ0n) is 12.2. The van der Waals surface area contributed by atoms with E-state index < -0.39 is 11.7 Å². The van der Waals surface area contributed by atoms with Crippen molar-refractivity contribution in [1.29, 1.82) is 0 Å². The Morgan fingerprint density at radius 3 is 2.91 bits per heavy atom. The Labute approximate surface area is 136 Å². The van der Waals surface area contributed by atoms with E-state index in [2.05, 4.69) is 29.4 Å². The van der Waals surface area contributed by atoms with Crippen LogP contribution < -0.4 is 10.1 Å². The first-order valence-corrected chi connectivity index (χ1v) is 8.48. The van der Waals surface area contributed by atoms with Gasteiger partial charge in [-0.3, -0.25) is 10.1 Å². The topological polar surface area (TPSA) is 64.1 Å². The van der Waals surface area contributed by atoms with Crippen molar-refractivity contribution in [1.82, 2.24) is 10.2 Å². The number of carbonyl (C=O) groups is 1. The van der Waals surface area contributed by atoms with E-state index in [0.29, 0.717) is 11.0 Å². The molecule has 0 aliphatic rings. The van der Waals surface area contributed by atoms with E-state index in [1.807, 2.05) is 0 Å². The van der Waals surface area contributed by atoms with Crippen molar-refractivity contribution in [3.8, 4) is 5.75 Å². The number of anilines is 1. The van der Waals surface area contributed by atoms with Gasteiger partial charge in [-0.25, -0.2) is 4.39 Å². The normalized spacial score (nSPS) is 10.7. The molecule has 8 heteroatoms. The summed E-state index contributed by atoms with van der Waals surface area (Å²) in [5.74, 6) is 0.640. The van der Waals surface area contributed by atoms with Crippen LogP contribution in [0.1, 0.15) is 13.8 Å². The highest BCUT2D eigenvalue weighted by molar-refractivity contribution is 8.01. The molecule has 5 nitrogen and oxygen atoms in total. The van der Waals surface area contributed by atoms with Gasteiger partial charge in [-0.05, 0) is 18.1 Å². The highest BCUT2D eigenvalue weighted by Gasteiger charge is 2.11. The van der Waals surface area contributed by atoms with Crippen LogP contribution in [0.15, 0.2) is 28.6 Å². The molecule has 0 saturated carbocycles. The van der Waals surface area contributed by atoms with Crippen LogP contribution in [0.2, 0.25) is 0 Å². The van der Waals surface area contributed by atoms with Crippen molar-refractivity contribution in [2.45, 2.75) is 18.2 Å². The van der Waals surface area contributed by atoms with Gasteiger partial charge in [-0.15, -0.1) is 10.2 Å². The van der Waals surface area contributed by atoms with Gasteiger partial charge in [0.05, 0.1) is 0 Å². The van der Waals surface area contributed by atoms with Crippen LogP contribution in [-0.2, 0) is 4.79 Å². The summed E-state index contributed by atoms with van der Waals surface area (Å²) >= 11 is 2.91. The molecule has 0 bridgehead atoms. The first-order chi connectivity index (χ1) is 10.5. The molecule has 2 rings (SSSR count). The Balaban J connectivity index is 1.81. The van der Waals surface area contributed by atoms with Gasteiger partial charge in [-0.2, -0.15) is 0 Å². The fourth-order valence-electron chi connectivity index (χ4n) is 1.42. The molecule has 1 aromatic heterocycles. The molecule has 0 unspecified atom stereocenters. The monoisotopic (exact) mass is 341 g/mol. The summed E-state index contributed by atoms with van der Waals surface area (Å²) in [4.78, 5) is 11.7. The van der Waals surface area contributed by atoms with E-state index >= 15 is 0 Å². The van der Waals surface area contributed by atoms with Crippen LogP contribution >= 0.6 is 23.1 Å². The average Bonchev–Trinajstić information content (AvgIpc) is 2.92. The van der Waals surface area contributed by atoms with Gasteiger partial charge in [0.15, 0.2) is 22.5 Å². The maximum atomic E-state index is 13.3. The lowest BCUT2D eigenvalue weighted by Crippen LogP contribution is -2.20. The molecular formula is C14H16FN3O2S2. The number of rotatable bonds is 7. The number of benzene rings is 1. The quantitative estimate of drug-likeness (QED) is 0.617. The lowest BCUT2D eigenvalue weighted by atomic mass is 10.3. The number of nitrogens with zero attached hydrogens (tertiary/aromatic N) is 2. The summed E-state index contributed by atoms with van der Waals surface area (Å²) in [6.07, 6.45) is 0. The summed E-state index contributed by atoms with van der Waals surface area (Å²) in [5, 5.41) is 10.9. The molecule has 2 aromatic rings. The van der Waals surface area contributed by atoms with Gasteiger partial charge in [-0.1, -0.05) is 49.1 Å². The molecule has 0 fully saturated rings.